The Bertz CT molecular complexity index is 1470. The maximum absolute atomic E-state index is 13.1. The lowest BCUT2D eigenvalue weighted by Crippen LogP contribution is -2.29. The van der Waals surface area contributed by atoms with E-state index in [1.807, 2.05) is 39.9 Å². The summed E-state index contributed by atoms with van der Waals surface area (Å²) in [7, 11) is 0. The molecule has 0 atom stereocenters. The zero-order chi connectivity index (χ0) is 22.0. The van der Waals surface area contributed by atoms with Crippen molar-refractivity contribution in [2.24, 2.45) is 0 Å². The van der Waals surface area contributed by atoms with E-state index in [2.05, 4.69) is 40.1 Å². The molecule has 1 aromatic carbocycles. The third-order valence-corrected chi connectivity index (χ3v) is 6.51. The van der Waals surface area contributed by atoms with Gasteiger partial charge in [0, 0.05) is 49.9 Å². The molecule has 32 heavy (non-hydrogen) atoms. The quantitative estimate of drug-likeness (QED) is 0.536. The summed E-state index contributed by atoms with van der Waals surface area (Å²) in [6.45, 7) is 5.89. The summed E-state index contributed by atoms with van der Waals surface area (Å²) < 4.78 is 4.21. The van der Waals surface area contributed by atoms with Gasteiger partial charge in [0.15, 0.2) is 5.78 Å². The van der Waals surface area contributed by atoms with Crippen molar-refractivity contribution in [2.45, 2.75) is 26.9 Å². The Kier molecular flexibility index (Phi) is 4.02. The fourth-order valence-electron chi connectivity index (χ4n) is 5.07. The maximum Gasteiger partial charge on any atom is 0.219 e. The molecule has 1 N–H and O–H groups in total. The van der Waals surface area contributed by atoms with Crippen molar-refractivity contribution in [2.75, 3.05) is 13.1 Å². The number of Topliss-reactive ketones (excluding diaryl/α,β-unsaturated/α-hetero) is 1. The van der Waals surface area contributed by atoms with Gasteiger partial charge in [-0.3, -0.25) is 14.0 Å². The van der Waals surface area contributed by atoms with Crippen LogP contribution in [0.1, 0.15) is 29.3 Å². The minimum atomic E-state index is 0.0791. The average Bonchev–Trinajstić information content (AvgIpc) is 3.41. The van der Waals surface area contributed by atoms with Gasteiger partial charge >= 0.3 is 0 Å². The molecular formula is C25H23N5O2. The van der Waals surface area contributed by atoms with Gasteiger partial charge in [0.25, 0.3) is 0 Å². The zero-order valence-corrected chi connectivity index (χ0v) is 18.1. The van der Waals surface area contributed by atoms with Crippen LogP contribution < -0.4 is 5.32 Å². The molecule has 0 spiro atoms. The van der Waals surface area contributed by atoms with Crippen LogP contribution in [0.2, 0.25) is 0 Å². The second kappa shape index (κ2) is 6.82. The SMILES string of the molecule is CC(=O)N1CCn2cc(C3=C(c4cnc5ccccn45)NCC3=O)c3cc(C)cc(c32)C1. The topological polar surface area (TPSA) is 71.6 Å². The largest absolute Gasteiger partial charge is 0.375 e. The zero-order valence-electron chi connectivity index (χ0n) is 18.1. The molecule has 2 aliphatic rings. The van der Waals surface area contributed by atoms with Gasteiger partial charge in [-0.2, -0.15) is 0 Å². The van der Waals surface area contributed by atoms with Crippen LogP contribution in [0.3, 0.4) is 0 Å². The Hall–Kier alpha value is -3.87. The maximum atomic E-state index is 13.1. The van der Waals surface area contributed by atoms with E-state index in [-0.39, 0.29) is 18.2 Å². The fraction of sp³-hybridized carbons (Fsp3) is 0.240. The van der Waals surface area contributed by atoms with Crippen LogP contribution in [0.15, 0.2) is 48.9 Å². The summed E-state index contributed by atoms with van der Waals surface area (Å²) in [5.41, 5.74) is 7.54. The molecule has 7 heteroatoms. The highest BCUT2D eigenvalue weighted by Gasteiger charge is 2.31. The van der Waals surface area contributed by atoms with Crippen molar-refractivity contribution >= 4 is 39.5 Å². The molecule has 0 bridgehead atoms. The molecule has 3 aromatic heterocycles. The van der Waals surface area contributed by atoms with E-state index in [0.717, 1.165) is 44.6 Å². The van der Waals surface area contributed by atoms with Crippen molar-refractivity contribution in [3.8, 4) is 0 Å². The molecule has 1 amide bonds. The fourth-order valence-corrected chi connectivity index (χ4v) is 5.07. The van der Waals surface area contributed by atoms with E-state index in [4.69, 9.17) is 0 Å². The molecule has 0 fully saturated rings. The second-order valence-corrected chi connectivity index (χ2v) is 8.60. The number of amides is 1. The van der Waals surface area contributed by atoms with Crippen LogP contribution in [-0.2, 0) is 22.7 Å². The van der Waals surface area contributed by atoms with Crippen LogP contribution in [0.5, 0.6) is 0 Å². The predicted molar refractivity (Wildman–Crippen MR) is 123 cm³/mol. The molecule has 0 radical (unpaired) electrons. The summed E-state index contributed by atoms with van der Waals surface area (Å²) in [4.78, 5) is 31.6. The van der Waals surface area contributed by atoms with Gasteiger partial charge < -0.3 is 14.8 Å². The molecule has 6 rings (SSSR count). The lowest BCUT2D eigenvalue weighted by atomic mass is 9.97. The first-order valence-electron chi connectivity index (χ1n) is 10.8. The summed E-state index contributed by atoms with van der Waals surface area (Å²) in [5.74, 6) is 0.161. The van der Waals surface area contributed by atoms with Crippen molar-refractivity contribution in [1.82, 2.24) is 24.2 Å². The van der Waals surface area contributed by atoms with Crippen molar-refractivity contribution in [3.05, 3.63) is 71.3 Å². The van der Waals surface area contributed by atoms with Crippen LogP contribution in [-0.4, -0.2) is 43.6 Å². The van der Waals surface area contributed by atoms with Gasteiger partial charge in [0.1, 0.15) is 5.65 Å². The van der Waals surface area contributed by atoms with Crippen LogP contribution in [0.4, 0.5) is 0 Å². The lowest BCUT2D eigenvalue weighted by molar-refractivity contribution is -0.129. The summed E-state index contributed by atoms with van der Waals surface area (Å²) in [6, 6.07) is 10.2. The number of fused-ring (bicyclic) bond motifs is 1. The minimum Gasteiger partial charge on any atom is -0.375 e. The Labute approximate surface area is 185 Å². The molecule has 0 saturated heterocycles. The number of aryl methyl sites for hydroxylation is 1. The first kappa shape index (κ1) is 18.9. The second-order valence-electron chi connectivity index (χ2n) is 8.60. The van der Waals surface area contributed by atoms with E-state index in [1.54, 1.807) is 6.92 Å². The molecule has 160 valence electrons. The smallest absolute Gasteiger partial charge is 0.219 e. The molecule has 0 unspecified atom stereocenters. The van der Waals surface area contributed by atoms with E-state index in [1.165, 1.54) is 0 Å². The number of hydrogen-bond donors (Lipinski definition) is 1. The van der Waals surface area contributed by atoms with Gasteiger partial charge in [0.05, 0.1) is 35.2 Å². The predicted octanol–water partition coefficient (Wildman–Crippen LogP) is 3.00. The van der Waals surface area contributed by atoms with Crippen LogP contribution >= 0.6 is 0 Å². The molecule has 4 aromatic rings. The highest BCUT2D eigenvalue weighted by Crippen LogP contribution is 2.37. The highest BCUT2D eigenvalue weighted by molar-refractivity contribution is 6.33. The minimum absolute atomic E-state index is 0.0791. The van der Waals surface area contributed by atoms with Crippen molar-refractivity contribution < 1.29 is 9.59 Å². The Morgan fingerprint density at radius 1 is 1.19 bits per heavy atom. The number of pyridine rings is 1. The molecular weight excluding hydrogens is 402 g/mol. The third kappa shape index (κ3) is 2.70. The number of carbonyl (C=O) groups excluding carboxylic acids is 2. The third-order valence-electron chi connectivity index (χ3n) is 6.51. The number of aromatic nitrogens is 3. The van der Waals surface area contributed by atoms with Crippen molar-refractivity contribution in [3.63, 3.8) is 0 Å². The highest BCUT2D eigenvalue weighted by atomic mass is 16.2. The van der Waals surface area contributed by atoms with Gasteiger partial charge in [0.2, 0.25) is 5.91 Å². The summed E-state index contributed by atoms with van der Waals surface area (Å²) in [5, 5.41) is 4.39. The first-order valence-corrected chi connectivity index (χ1v) is 10.8. The summed E-state index contributed by atoms with van der Waals surface area (Å²) >= 11 is 0. The normalized spacial score (nSPS) is 16.2. The number of imidazole rings is 1. The van der Waals surface area contributed by atoms with Gasteiger partial charge in [-0.15, -0.1) is 0 Å². The Balaban J connectivity index is 1.60. The number of nitrogens with zero attached hydrogens (tertiary/aromatic N) is 4. The number of hydrogen-bond acceptors (Lipinski definition) is 4. The Morgan fingerprint density at radius 2 is 2.06 bits per heavy atom. The van der Waals surface area contributed by atoms with E-state index >= 15 is 0 Å². The molecule has 0 aliphatic carbocycles. The van der Waals surface area contributed by atoms with Gasteiger partial charge in [-0.25, -0.2) is 4.98 Å². The monoisotopic (exact) mass is 425 g/mol. The number of benzene rings is 1. The molecule has 0 saturated carbocycles. The van der Waals surface area contributed by atoms with E-state index in [9.17, 15) is 9.59 Å². The van der Waals surface area contributed by atoms with E-state index in [0.29, 0.717) is 25.2 Å². The number of nitrogens with one attached hydrogen (secondary N) is 1. The number of ketones is 1. The molecule has 2 aliphatic heterocycles. The number of carbonyl (C=O) groups is 2. The average molecular weight is 425 g/mol. The van der Waals surface area contributed by atoms with E-state index < -0.39 is 0 Å². The van der Waals surface area contributed by atoms with Gasteiger partial charge in [-0.1, -0.05) is 17.7 Å². The summed E-state index contributed by atoms with van der Waals surface area (Å²) in [6.07, 6.45) is 5.87. The lowest BCUT2D eigenvalue weighted by Gasteiger charge is -2.19. The van der Waals surface area contributed by atoms with Gasteiger partial charge in [-0.05, 0) is 30.7 Å². The van der Waals surface area contributed by atoms with Crippen LogP contribution in [0, 0.1) is 6.92 Å². The van der Waals surface area contributed by atoms with Crippen LogP contribution in [0.25, 0.3) is 27.8 Å². The Morgan fingerprint density at radius 3 is 2.91 bits per heavy atom. The molecule has 7 nitrogen and oxygen atoms in total. The first-order chi connectivity index (χ1) is 15.5. The molecule has 5 heterocycles. The van der Waals surface area contributed by atoms with Crippen molar-refractivity contribution in [1.29, 1.82) is 0 Å². The standard InChI is InChI=1S/C25H23N5O2/c1-15-9-17-13-28(16(2)31)7-8-29-14-19(18(10-15)25(17)29)23-21(32)12-27-24(23)20-11-26-22-5-3-4-6-30(20)22/h3-6,9-11,14,27H,7-8,12-13H2,1-2H3. The number of rotatable bonds is 2.